The topological polar surface area (TPSA) is 49.4 Å². The van der Waals surface area contributed by atoms with Gasteiger partial charge in [0.05, 0.1) is 6.42 Å². The van der Waals surface area contributed by atoms with Gasteiger partial charge in [-0.1, -0.05) is 90.8 Å². The molecule has 0 saturated heterocycles. The fraction of sp³-hybridized carbons (Fsp3) is 0.310. The van der Waals surface area contributed by atoms with Gasteiger partial charge in [-0.05, 0) is 49.1 Å². The SMILES string of the molecule is CCC(C)NC(=O)C(Cc1ccccc1)N(Cc1ccc(Cl)cc1)C(=O)Cc1ccc(C)cc1. The number of carbonyl (C=O) groups is 2. The number of hydrogen-bond acceptors (Lipinski definition) is 2. The Morgan fingerprint density at radius 3 is 2.12 bits per heavy atom. The molecule has 0 aliphatic rings. The molecule has 0 aliphatic carbocycles. The molecule has 2 unspecified atom stereocenters. The molecule has 0 spiro atoms. The number of benzene rings is 3. The summed E-state index contributed by atoms with van der Waals surface area (Å²) in [6.07, 6.45) is 1.49. The molecule has 34 heavy (non-hydrogen) atoms. The lowest BCUT2D eigenvalue weighted by molar-refractivity contribution is -0.141. The van der Waals surface area contributed by atoms with E-state index in [1.165, 1.54) is 0 Å². The Morgan fingerprint density at radius 2 is 1.50 bits per heavy atom. The van der Waals surface area contributed by atoms with Gasteiger partial charge in [0.15, 0.2) is 0 Å². The third-order valence-corrected chi connectivity index (χ3v) is 6.27. The average molecular weight is 477 g/mol. The summed E-state index contributed by atoms with van der Waals surface area (Å²) in [6, 6.07) is 24.6. The van der Waals surface area contributed by atoms with Crippen molar-refractivity contribution in [2.45, 2.75) is 58.7 Å². The summed E-state index contributed by atoms with van der Waals surface area (Å²) in [4.78, 5) is 28.9. The number of nitrogens with zero attached hydrogens (tertiary/aromatic N) is 1. The molecular weight excluding hydrogens is 444 g/mol. The van der Waals surface area contributed by atoms with Crippen molar-refractivity contribution in [2.75, 3.05) is 0 Å². The number of halogens is 1. The summed E-state index contributed by atoms with van der Waals surface area (Å²) in [7, 11) is 0. The molecule has 0 aliphatic heterocycles. The number of carbonyl (C=O) groups excluding carboxylic acids is 2. The summed E-state index contributed by atoms with van der Waals surface area (Å²) in [5.74, 6) is -0.219. The number of hydrogen-bond donors (Lipinski definition) is 1. The van der Waals surface area contributed by atoms with E-state index in [-0.39, 0.29) is 24.3 Å². The molecule has 2 atom stereocenters. The Bertz CT molecular complexity index is 1070. The molecule has 5 heteroatoms. The lowest BCUT2D eigenvalue weighted by Gasteiger charge is -2.32. The van der Waals surface area contributed by atoms with E-state index < -0.39 is 6.04 Å². The highest BCUT2D eigenvalue weighted by Gasteiger charge is 2.31. The third kappa shape index (κ3) is 7.46. The Morgan fingerprint density at radius 1 is 0.882 bits per heavy atom. The van der Waals surface area contributed by atoms with Crippen LogP contribution in [0.4, 0.5) is 0 Å². The van der Waals surface area contributed by atoms with Gasteiger partial charge in [0, 0.05) is 24.0 Å². The fourth-order valence-corrected chi connectivity index (χ4v) is 3.89. The first-order chi connectivity index (χ1) is 16.4. The van der Waals surface area contributed by atoms with Crippen LogP contribution in [0.2, 0.25) is 5.02 Å². The molecule has 0 aromatic heterocycles. The van der Waals surface area contributed by atoms with Crippen LogP contribution in [0.1, 0.15) is 42.5 Å². The highest BCUT2D eigenvalue weighted by molar-refractivity contribution is 6.30. The van der Waals surface area contributed by atoms with E-state index in [0.29, 0.717) is 18.0 Å². The van der Waals surface area contributed by atoms with Gasteiger partial charge in [-0.3, -0.25) is 9.59 Å². The number of nitrogens with one attached hydrogen (secondary N) is 1. The largest absolute Gasteiger partial charge is 0.352 e. The zero-order valence-corrected chi connectivity index (χ0v) is 20.9. The van der Waals surface area contributed by atoms with Crippen molar-refractivity contribution in [1.82, 2.24) is 10.2 Å². The van der Waals surface area contributed by atoms with Crippen LogP contribution in [0, 0.1) is 6.92 Å². The van der Waals surface area contributed by atoms with Crippen LogP contribution in [-0.4, -0.2) is 28.8 Å². The maximum absolute atomic E-state index is 13.7. The van der Waals surface area contributed by atoms with E-state index in [1.54, 1.807) is 4.90 Å². The van der Waals surface area contributed by atoms with Gasteiger partial charge in [0.25, 0.3) is 0 Å². The maximum atomic E-state index is 13.7. The van der Waals surface area contributed by atoms with Crippen LogP contribution in [0.25, 0.3) is 0 Å². The first-order valence-electron chi connectivity index (χ1n) is 11.8. The second-order valence-corrected chi connectivity index (χ2v) is 9.27. The Kier molecular flexibility index (Phi) is 9.29. The summed E-state index contributed by atoms with van der Waals surface area (Å²) in [6.45, 7) is 6.36. The van der Waals surface area contributed by atoms with E-state index in [1.807, 2.05) is 99.6 Å². The predicted molar refractivity (Wildman–Crippen MR) is 139 cm³/mol. The molecule has 0 fully saturated rings. The maximum Gasteiger partial charge on any atom is 0.243 e. The van der Waals surface area contributed by atoms with Crippen molar-refractivity contribution in [3.05, 3.63) is 106 Å². The third-order valence-electron chi connectivity index (χ3n) is 6.01. The van der Waals surface area contributed by atoms with E-state index in [2.05, 4.69) is 5.32 Å². The van der Waals surface area contributed by atoms with E-state index in [9.17, 15) is 9.59 Å². The molecule has 3 aromatic rings. The van der Waals surface area contributed by atoms with Crippen LogP contribution < -0.4 is 5.32 Å². The van der Waals surface area contributed by atoms with Gasteiger partial charge < -0.3 is 10.2 Å². The van der Waals surface area contributed by atoms with Crippen LogP contribution in [0.5, 0.6) is 0 Å². The van der Waals surface area contributed by atoms with Crippen molar-refractivity contribution in [3.8, 4) is 0 Å². The Balaban J connectivity index is 1.95. The van der Waals surface area contributed by atoms with Gasteiger partial charge in [0.2, 0.25) is 11.8 Å². The minimum atomic E-state index is -0.634. The van der Waals surface area contributed by atoms with Gasteiger partial charge in [-0.15, -0.1) is 0 Å². The molecule has 178 valence electrons. The number of rotatable bonds is 10. The van der Waals surface area contributed by atoms with Crippen LogP contribution >= 0.6 is 11.6 Å². The minimum absolute atomic E-state index is 0.0235. The number of aryl methyl sites for hydroxylation is 1. The van der Waals surface area contributed by atoms with E-state index in [4.69, 9.17) is 11.6 Å². The molecule has 4 nitrogen and oxygen atoms in total. The molecule has 0 radical (unpaired) electrons. The zero-order valence-electron chi connectivity index (χ0n) is 20.1. The molecule has 3 rings (SSSR count). The second kappa shape index (κ2) is 12.4. The summed E-state index contributed by atoms with van der Waals surface area (Å²) >= 11 is 6.08. The van der Waals surface area contributed by atoms with Gasteiger partial charge in [-0.25, -0.2) is 0 Å². The average Bonchev–Trinajstić information content (AvgIpc) is 2.84. The highest BCUT2D eigenvalue weighted by atomic mass is 35.5. The van der Waals surface area contributed by atoms with Gasteiger partial charge in [0.1, 0.15) is 6.04 Å². The second-order valence-electron chi connectivity index (χ2n) is 8.83. The zero-order chi connectivity index (χ0) is 24.5. The van der Waals surface area contributed by atoms with Crippen molar-refractivity contribution >= 4 is 23.4 Å². The predicted octanol–water partition coefficient (Wildman–Crippen LogP) is 5.75. The fourth-order valence-electron chi connectivity index (χ4n) is 3.76. The summed E-state index contributed by atoms with van der Waals surface area (Å²) in [5, 5.41) is 3.73. The molecule has 2 amide bonds. The monoisotopic (exact) mass is 476 g/mol. The molecular formula is C29H33ClN2O2. The quantitative estimate of drug-likeness (QED) is 0.405. The number of amides is 2. The molecule has 0 bridgehead atoms. The van der Waals surface area contributed by atoms with Crippen LogP contribution in [0.15, 0.2) is 78.9 Å². The first kappa shape index (κ1) is 25.5. The molecule has 1 N–H and O–H groups in total. The summed E-state index contributed by atoms with van der Waals surface area (Å²) in [5.41, 5.74) is 4.01. The molecule has 0 saturated carbocycles. The molecule has 3 aromatic carbocycles. The smallest absolute Gasteiger partial charge is 0.243 e. The first-order valence-corrected chi connectivity index (χ1v) is 12.2. The van der Waals surface area contributed by atoms with Crippen molar-refractivity contribution in [3.63, 3.8) is 0 Å². The highest BCUT2D eigenvalue weighted by Crippen LogP contribution is 2.18. The van der Waals surface area contributed by atoms with Gasteiger partial charge >= 0.3 is 0 Å². The van der Waals surface area contributed by atoms with E-state index in [0.717, 1.165) is 28.7 Å². The van der Waals surface area contributed by atoms with E-state index >= 15 is 0 Å². The molecule has 0 heterocycles. The Labute approximate surface area is 207 Å². The van der Waals surface area contributed by atoms with Crippen molar-refractivity contribution < 1.29 is 9.59 Å². The van der Waals surface area contributed by atoms with Gasteiger partial charge in [-0.2, -0.15) is 0 Å². The Hall–Kier alpha value is -3.11. The van der Waals surface area contributed by atoms with Crippen LogP contribution in [-0.2, 0) is 29.0 Å². The van der Waals surface area contributed by atoms with Crippen molar-refractivity contribution in [1.29, 1.82) is 0 Å². The standard InChI is InChI=1S/C29H33ClN2O2/c1-4-22(3)31-29(34)27(18-23-8-6-5-7-9-23)32(20-25-14-16-26(30)17-15-25)28(33)19-24-12-10-21(2)11-13-24/h5-17,22,27H,4,18-20H2,1-3H3,(H,31,34). The van der Waals surface area contributed by atoms with Crippen LogP contribution in [0.3, 0.4) is 0 Å². The summed E-state index contributed by atoms with van der Waals surface area (Å²) < 4.78 is 0. The normalized spacial score (nSPS) is 12.6. The van der Waals surface area contributed by atoms with Crippen molar-refractivity contribution in [2.24, 2.45) is 0 Å². The lowest BCUT2D eigenvalue weighted by Crippen LogP contribution is -2.52. The lowest BCUT2D eigenvalue weighted by atomic mass is 10.0. The minimum Gasteiger partial charge on any atom is -0.352 e.